The number of aromatic nitrogens is 3. The van der Waals surface area contributed by atoms with E-state index in [4.69, 9.17) is 14.4 Å². The van der Waals surface area contributed by atoms with Crippen molar-refractivity contribution in [2.75, 3.05) is 4.90 Å². The normalized spacial score (nSPS) is 13.5. The number of furan rings is 1. The van der Waals surface area contributed by atoms with Gasteiger partial charge >= 0.3 is 0 Å². The van der Waals surface area contributed by atoms with Crippen LogP contribution in [0.4, 0.5) is 17.2 Å². The molecule has 4 heterocycles. The number of aryl methyl sites for hydroxylation is 1. The van der Waals surface area contributed by atoms with Crippen LogP contribution in [0.25, 0.3) is 44.4 Å². The van der Waals surface area contributed by atoms with Crippen LogP contribution in [0.1, 0.15) is 25.0 Å². The van der Waals surface area contributed by atoms with Gasteiger partial charge in [0, 0.05) is 46.2 Å². The van der Waals surface area contributed by atoms with Crippen LogP contribution in [0.3, 0.4) is 0 Å². The largest absolute Gasteiger partial charge is 0.456 e. The van der Waals surface area contributed by atoms with E-state index in [9.17, 15) is 0 Å². The lowest BCUT2D eigenvalue weighted by Gasteiger charge is -2.41. The summed E-state index contributed by atoms with van der Waals surface area (Å²) >= 11 is 0. The molecule has 278 valence electrons. The van der Waals surface area contributed by atoms with Gasteiger partial charge in [-0.05, 0) is 62.7 Å². The summed E-state index contributed by atoms with van der Waals surface area (Å²) in [5.74, 6) is 1.84. The van der Waals surface area contributed by atoms with E-state index in [1.165, 1.54) is 26.3 Å². The van der Waals surface area contributed by atoms with Crippen LogP contribution >= 0.6 is 0 Å². The van der Waals surface area contributed by atoms with Crippen molar-refractivity contribution in [3.8, 4) is 11.4 Å². The van der Waals surface area contributed by atoms with Gasteiger partial charge in [-0.15, -0.1) is 0 Å². The Morgan fingerprint density at radius 1 is 0.586 bits per heavy atom. The van der Waals surface area contributed by atoms with Crippen molar-refractivity contribution in [2.45, 2.75) is 19.3 Å². The van der Waals surface area contributed by atoms with Crippen LogP contribution in [0.2, 0.25) is 0 Å². The summed E-state index contributed by atoms with van der Waals surface area (Å²) in [6.07, 6.45) is 2.00. The number of imidazole rings is 1. The number of benzene rings is 7. The van der Waals surface area contributed by atoms with Gasteiger partial charge in [-0.25, -0.2) is 9.97 Å². The smallest absolute Gasteiger partial charge is 0.179 e. The third-order valence-electron chi connectivity index (χ3n) is 12.3. The van der Waals surface area contributed by atoms with E-state index in [2.05, 4.69) is 206 Å². The minimum absolute atomic E-state index is 0.372. The zero-order valence-corrected chi connectivity index (χ0v) is 33.6. The molecule has 1 aliphatic heterocycles. The van der Waals surface area contributed by atoms with E-state index in [1.54, 1.807) is 0 Å². The van der Waals surface area contributed by atoms with Gasteiger partial charge in [-0.2, -0.15) is 0 Å². The molecule has 0 spiro atoms. The minimum Gasteiger partial charge on any atom is -0.456 e. The second-order valence-corrected chi connectivity index (χ2v) is 19.7. The summed E-state index contributed by atoms with van der Waals surface area (Å²) < 4.78 is 8.96. The second kappa shape index (κ2) is 13.0. The predicted molar refractivity (Wildman–Crippen MR) is 242 cm³/mol. The van der Waals surface area contributed by atoms with Crippen molar-refractivity contribution in [3.63, 3.8) is 0 Å². The van der Waals surface area contributed by atoms with Crippen molar-refractivity contribution in [1.82, 2.24) is 14.5 Å². The molecule has 58 heavy (non-hydrogen) atoms. The Labute approximate surface area is 338 Å². The van der Waals surface area contributed by atoms with Gasteiger partial charge < -0.3 is 8.98 Å². The standard InChI is InChI=1S/C52H40N4OSi/c1-52(2)43-27-11-13-29-45(43)56(51-48(52)49-42(34-53-51)41-26-10-15-31-47(41)57-49)36-19-17-25-40(33-36)58(37-20-6-4-7-21-37,38-22-8-5-9-23-38)39-24-16-18-35(32-39)50-54-44-28-12-14-30-46(44)55(50)3/h4-34H,1-3H3. The van der Waals surface area contributed by atoms with Crippen molar-refractivity contribution in [2.24, 2.45) is 7.05 Å². The number of anilines is 3. The number of nitrogens with zero attached hydrogens (tertiary/aromatic N) is 4. The van der Waals surface area contributed by atoms with Crippen molar-refractivity contribution >= 4 is 79.0 Å². The third-order valence-corrected chi connectivity index (χ3v) is 17.1. The quantitative estimate of drug-likeness (QED) is 0.125. The van der Waals surface area contributed by atoms with E-state index in [0.29, 0.717) is 0 Å². The van der Waals surface area contributed by atoms with Crippen LogP contribution in [-0.2, 0) is 12.5 Å². The lowest BCUT2D eigenvalue weighted by atomic mass is 9.74. The Bertz CT molecular complexity index is 3140. The highest BCUT2D eigenvalue weighted by Gasteiger charge is 2.44. The summed E-state index contributed by atoms with van der Waals surface area (Å²) in [7, 11) is -0.882. The zero-order chi connectivity index (χ0) is 39.0. The molecule has 6 heteroatoms. The molecule has 3 aromatic heterocycles. The first kappa shape index (κ1) is 34.2. The number of hydrogen-bond donors (Lipinski definition) is 0. The van der Waals surface area contributed by atoms with Gasteiger partial charge in [0.05, 0.1) is 16.7 Å². The Morgan fingerprint density at radius 2 is 1.22 bits per heavy atom. The fraction of sp³-hybridized carbons (Fsp3) is 0.0769. The number of rotatable bonds is 6. The van der Waals surface area contributed by atoms with E-state index < -0.39 is 8.07 Å². The molecule has 0 bridgehead atoms. The highest BCUT2D eigenvalue weighted by atomic mass is 28.3. The van der Waals surface area contributed by atoms with Crippen molar-refractivity contribution in [1.29, 1.82) is 0 Å². The predicted octanol–water partition coefficient (Wildman–Crippen LogP) is 10.0. The van der Waals surface area contributed by atoms with Gasteiger partial charge in [0.2, 0.25) is 0 Å². The number of para-hydroxylation sites is 4. The summed E-state index contributed by atoms with van der Waals surface area (Å²) in [5, 5.41) is 7.30. The molecule has 0 fully saturated rings. The molecule has 10 aromatic rings. The molecule has 1 aliphatic rings. The Balaban J connectivity index is 1.18. The average molecular weight is 765 g/mol. The molecule has 0 N–H and O–H groups in total. The van der Waals surface area contributed by atoms with Gasteiger partial charge in [0.15, 0.2) is 8.07 Å². The molecule has 5 nitrogen and oxygen atoms in total. The fourth-order valence-corrected chi connectivity index (χ4v) is 14.5. The van der Waals surface area contributed by atoms with Crippen LogP contribution in [0, 0.1) is 0 Å². The minimum atomic E-state index is -3.00. The maximum Gasteiger partial charge on any atom is 0.179 e. The maximum atomic E-state index is 6.75. The molecule has 0 unspecified atom stereocenters. The molecule has 0 radical (unpaired) electrons. The highest BCUT2D eigenvalue weighted by Crippen LogP contribution is 2.53. The van der Waals surface area contributed by atoms with Gasteiger partial charge in [-0.3, -0.25) is 4.90 Å². The van der Waals surface area contributed by atoms with Crippen molar-refractivity contribution in [3.05, 3.63) is 199 Å². The molecule has 0 aliphatic carbocycles. The molecule has 0 saturated heterocycles. The van der Waals surface area contributed by atoms with E-state index >= 15 is 0 Å². The van der Waals surface area contributed by atoms with E-state index in [1.807, 2.05) is 12.3 Å². The van der Waals surface area contributed by atoms with E-state index in [0.717, 1.165) is 67.1 Å². The first-order valence-electron chi connectivity index (χ1n) is 19.9. The number of pyridine rings is 1. The molecular formula is C52H40N4OSi. The summed E-state index contributed by atoms with van der Waals surface area (Å²) in [4.78, 5) is 12.8. The monoisotopic (exact) mass is 764 g/mol. The molecule has 0 saturated carbocycles. The first-order valence-corrected chi connectivity index (χ1v) is 21.9. The molecule has 0 amide bonds. The lowest BCUT2D eigenvalue weighted by molar-refractivity contribution is 0.599. The molecule has 7 aromatic carbocycles. The SMILES string of the molecule is Cn1c(-c2cccc([Si](c3ccccc3)(c3ccccc3)c3cccc(N4c5ccccc5C(C)(C)c5c4ncc4c5oc5ccccc54)c3)c2)nc2ccccc21. The van der Waals surface area contributed by atoms with Crippen LogP contribution in [0.5, 0.6) is 0 Å². The number of hydrogen-bond acceptors (Lipinski definition) is 4. The Morgan fingerprint density at radius 3 is 2.00 bits per heavy atom. The average Bonchev–Trinajstić information content (AvgIpc) is 3.82. The zero-order valence-electron chi connectivity index (χ0n) is 32.6. The second-order valence-electron chi connectivity index (χ2n) is 15.9. The maximum absolute atomic E-state index is 6.75. The molecular weight excluding hydrogens is 725 g/mol. The van der Waals surface area contributed by atoms with Gasteiger partial charge in [0.1, 0.15) is 22.8 Å². The van der Waals surface area contributed by atoms with Gasteiger partial charge in [0.25, 0.3) is 0 Å². The topological polar surface area (TPSA) is 47.1 Å². The Kier molecular flexibility index (Phi) is 7.68. The Hall–Kier alpha value is -7.02. The molecule has 11 rings (SSSR count). The highest BCUT2D eigenvalue weighted by molar-refractivity contribution is 7.20. The van der Waals surface area contributed by atoms with Crippen molar-refractivity contribution < 1.29 is 4.42 Å². The molecule has 0 atom stereocenters. The van der Waals surface area contributed by atoms with Gasteiger partial charge in [-0.1, -0.05) is 159 Å². The third kappa shape index (κ3) is 4.95. The first-order chi connectivity index (χ1) is 28.4. The summed E-state index contributed by atoms with van der Waals surface area (Å²) in [6.45, 7) is 4.60. The fourth-order valence-electron chi connectivity index (χ4n) is 9.66. The van der Waals surface area contributed by atoms with Crippen LogP contribution < -0.4 is 25.6 Å². The summed E-state index contributed by atoms with van der Waals surface area (Å²) in [5.41, 5.74) is 9.09. The number of fused-ring (bicyclic) bond motifs is 7. The van der Waals surface area contributed by atoms with Crippen LogP contribution in [0.15, 0.2) is 193 Å². The lowest BCUT2D eigenvalue weighted by Crippen LogP contribution is -2.74. The van der Waals surface area contributed by atoms with E-state index in [-0.39, 0.29) is 5.41 Å². The van der Waals surface area contributed by atoms with Crippen LogP contribution in [-0.4, -0.2) is 22.6 Å². The summed E-state index contributed by atoms with van der Waals surface area (Å²) in [6, 6.07) is 66.0.